The summed E-state index contributed by atoms with van der Waals surface area (Å²) in [6, 6.07) is 0. The average molecular weight is 284 g/mol. The fourth-order valence-corrected chi connectivity index (χ4v) is 2.36. The Morgan fingerprint density at radius 2 is 1.20 bits per heavy atom. The largest absolute Gasteiger partial charge is 0.356 e. The second kappa shape index (κ2) is 16.7. The monoisotopic (exact) mass is 284 g/mol. The molecular weight excluding hydrogens is 248 g/mol. The Morgan fingerprint density at radius 3 is 1.75 bits per heavy atom. The molecule has 120 valence electrons. The minimum absolute atomic E-state index is 0.0155. The Bertz CT molecular complexity index is 198. The maximum Gasteiger partial charge on any atom is 0.156 e. The topological polar surface area (TPSA) is 18.5 Å². The molecule has 0 spiro atoms. The number of unbranched alkanes of at least 4 members (excludes halogenated alkanes) is 9. The molecular formula is C18H36O2. The zero-order valence-corrected chi connectivity index (χ0v) is 14.0. The van der Waals surface area contributed by atoms with Gasteiger partial charge in [0.1, 0.15) is 0 Å². The normalized spacial score (nSPS) is 11.8. The highest BCUT2D eigenvalue weighted by Gasteiger charge is 2.02. The van der Waals surface area contributed by atoms with E-state index in [-0.39, 0.29) is 6.29 Å². The summed E-state index contributed by atoms with van der Waals surface area (Å²) in [5.41, 5.74) is 0. The lowest BCUT2D eigenvalue weighted by Crippen LogP contribution is -2.12. The standard InChI is InChI=1S/C18H36O2/c1-4-5-6-7-8-9-10-11-12-13-14-15-16-17-18(19-2)20-3/h11-12,18H,4-10,13-17H2,1-3H3/b12-11-. The van der Waals surface area contributed by atoms with E-state index < -0.39 is 0 Å². The molecule has 20 heavy (non-hydrogen) atoms. The predicted molar refractivity (Wildman–Crippen MR) is 88.0 cm³/mol. The second-order valence-corrected chi connectivity index (χ2v) is 5.57. The third kappa shape index (κ3) is 14.1. The number of ether oxygens (including phenoxy) is 2. The first-order valence-corrected chi connectivity index (χ1v) is 8.55. The SMILES string of the molecule is CCCCCCCC/C=C\CCCCCC(OC)OC. The molecule has 0 amide bonds. The van der Waals surface area contributed by atoms with Gasteiger partial charge in [-0.1, -0.05) is 57.6 Å². The smallest absolute Gasteiger partial charge is 0.156 e. The van der Waals surface area contributed by atoms with Gasteiger partial charge in [-0.2, -0.15) is 0 Å². The maximum atomic E-state index is 5.17. The van der Waals surface area contributed by atoms with Crippen molar-refractivity contribution in [1.29, 1.82) is 0 Å². The Hall–Kier alpha value is -0.340. The molecule has 0 aliphatic rings. The molecule has 0 aromatic heterocycles. The van der Waals surface area contributed by atoms with Gasteiger partial charge < -0.3 is 9.47 Å². The summed E-state index contributed by atoms with van der Waals surface area (Å²) in [6.45, 7) is 2.27. The van der Waals surface area contributed by atoms with Crippen LogP contribution in [0.15, 0.2) is 12.2 Å². The van der Waals surface area contributed by atoms with Crippen LogP contribution in [-0.4, -0.2) is 20.5 Å². The summed E-state index contributed by atoms with van der Waals surface area (Å²) in [4.78, 5) is 0. The molecule has 0 saturated carbocycles. The summed E-state index contributed by atoms with van der Waals surface area (Å²) >= 11 is 0. The van der Waals surface area contributed by atoms with Gasteiger partial charge in [0.25, 0.3) is 0 Å². The molecule has 0 saturated heterocycles. The molecule has 0 aliphatic heterocycles. The van der Waals surface area contributed by atoms with Gasteiger partial charge in [0.15, 0.2) is 6.29 Å². The van der Waals surface area contributed by atoms with Gasteiger partial charge in [-0.15, -0.1) is 0 Å². The summed E-state index contributed by atoms with van der Waals surface area (Å²) in [5.74, 6) is 0. The van der Waals surface area contributed by atoms with Crippen molar-refractivity contribution in [3.8, 4) is 0 Å². The molecule has 0 atom stereocenters. The van der Waals surface area contributed by atoms with E-state index >= 15 is 0 Å². The van der Waals surface area contributed by atoms with Crippen LogP contribution in [0.3, 0.4) is 0 Å². The van der Waals surface area contributed by atoms with Gasteiger partial charge >= 0.3 is 0 Å². The van der Waals surface area contributed by atoms with Gasteiger partial charge in [-0.25, -0.2) is 0 Å². The molecule has 0 unspecified atom stereocenters. The molecule has 0 rings (SSSR count). The molecule has 2 heteroatoms. The van der Waals surface area contributed by atoms with Crippen LogP contribution in [0.1, 0.15) is 84.0 Å². The van der Waals surface area contributed by atoms with Gasteiger partial charge in [0.05, 0.1) is 0 Å². The maximum absolute atomic E-state index is 5.17. The zero-order chi connectivity index (χ0) is 14.9. The van der Waals surface area contributed by atoms with E-state index in [1.165, 1.54) is 70.6 Å². The Balaban J connectivity index is 3.16. The lowest BCUT2D eigenvalue weighted by molar-refractivity contribution is -0.107. The number of allylic oxidation sites excluding steroid dienone is 2. The zero-order valence-electron chi connectivity index (χ0n) is 14.0. The average Bonchev–Trinajstić information content (AvgIpc) is 2.48. The Morgan fingerprint density at radius 1 is 0.700 bits per heavy atom. The lowest BCUT2D eigenvalue weighted by Gasteiger charge is -2.12. The van der Waals surface area contributed by atoms with Crippen molar-refractivity contribution in [2.75, 3.05) is 14.2 Å². The molecule has 0 aromatic rings. The fourth-order valence-electron chi connectivity index (χ4n) is 2.36. The van der Waals surface area contributed by atoms with E-state index in [2.05, 4.69) is 19.1 Å². The fraction of sp³-hybridized carbons (Fsp3) is 0.889. The first-order valence-electron chi connectivity index (χ1n) is 8.55. The minimum Gasteiger partial charge on any atom is -0.356 e. The molecule has 0 radical (unpaired) electrons. The van der Waals surface area contributed by atoms with Crippen molar-refractivity contribution in [2.24, 2.45) is 0 Å². The van der Waals surface area contributed by atoms with Crippen LogP contribution in [0.2, 0.25) is 0 Å². The quantitative estimate of drug-likeness (QED) is 0.213. The van der Waals surface area contributed by atoms with Crippen molar-refractivity contribution in [3.63, 3.8) is 0 Å². The molecule has 0 heterocycles. The Kier molecular flexibility index (Phi) is 16.4. The van der Waals surface area contributed by atoms with Crippen LogP contribution in [-0.2, 0) is 9.47 Å². The summed E-state index contributed by atoms with van der Waals surface area (Å²) in [6.07, 6.45) is 20.3. The van der Waals surface area contributed by atoms with Gasteiger partial charge in [-0.3, -0.25) is 0 Å². The number of hydrogen-bond acceptors (Lipinski definition) is 2. The van der Waals surface area contributed by atoms with Gasteiger partial charge in [0.2, 0.25) is 0 Å². The van der Waals surface area contributed by atoms with Crippen LogP contribution >= 0.6 is 0 Å². The van der Waals surface area contributed by atoms with E-state index in [4.69, 9.17) is 9.47 Å². The third-order valence-corrected chi connectivity index (χ3v) is 3.73. The van der Waals surface area contributed by atoms with E-state index in [0.717, 1.165) is 6.42 Å². The highest BCUT2D eigenvalue weighted by molar-refractivity contribution is 4.81. The third-order valence-electron chi connectivity index (χ3n) is 3.73. The first kappa shape index (κ1) is 19.7. The van der Waals surface area contributed by atoms with Crippen molar-refractivity contribution in [2.45, 2.75) is 90.3 Å². The van der Waals surface area contributed by atoms with Gasteiger partial charge in [0, 0.05) is 14.2 Å². The number of rotatable bonds is 15. The molecule has 0 aromatic carbocycles. The van der Waals surface area contributed by atoms with Crippen molar-refractivity contribution in [3.05, 3.63) is 12.2 Å². The van der Waals surface area contributed by atoms with Crippen LogP contribution in [0.25, 0.3) is 0 Å². The Labute approximate surface area is 126 Å². The van der Waals surface area contributed by atoms with Crippen LogP contribution < -0.4 is 0 Å². The molecule has 2 nitrogen and oxygen atoms in total. The summed E-state index contributed by atoms with van der Waals surface area (Å²) in [5, 5.41) is 0. The van der Waals surface area contributed by atoms with E-state index in [9.17, 15) is 0 Å². The van der Waals surface area contributed by atoms with Crippen molar-refractivity contribution in [1.82, 2.24) is 0 Å². The summed E-state index contributed by atoms with van der Waals surface area (Å²) < 4.78 is 10.3. The molecule has 0 aliphatic carbocycles. The molecule has 0 N–H and O–H groups in total. The molecule has 0 bridgehead atoms. The van der Waals surface area contributed by atoms with Crippen LogP contribution in [0.4, 0.5) is 0 Å². The second-order valence-electron chi connectivity index (χ2n) is 5.57. The van der Waals surface area contributed by atoms with Crippen molar-refractivity contribution >= 4 is 0 Å². The van der Waals surface area contributed by atoms with Crippen LogP contribution in [0.5, 0.6) is 0 Å². The van der Waals surface area contributed by atoms with Gasteiger partial charge in [-0.05, 0) is 38.5 Å². The van der Waals surface area contributed by atoms with E-state index in [1.807, 2.05) is 0 Å². The highest BCUT2D eigenvalue weighted by atomic mass is 16.7. The predicted octanol–water partition coefficient (Wildman–Crippen LogP) is 5.86. The number of hydrogen-bond donors (Lipinski definition) is 0. The van der Waals surface area contributed by atoms with E-state index in [0.29, 0.717) is 0 Å². The first-order chi connectivity index (χ1) is 9.85. The number of methoxy groups -OCH3 is 2. The highest BCUT2D eigenvalue weighted by Crippen LogP contribution is 2.10. The van der Waals surface area contributed by atoms with E-state index in [1.54, 1.807) is 14.2 Å². The lowest BCUT2D eigenvalue weighted by atomic mass is 10.1. The summed E-state index contributed by atoms with van der Waals surface area (Å²) in [7, 11) is 3.41. The minimum atomic E-state index is -0.0155. The molecule has 0 fully saturated rings. The van der Waals surface area contributed by atoms with Crippen molar-refractivity contribution < 1.29 is 9.47 Å². The van der Waals surface area contributed by atoms with Crippen LogP contribution in [0, 0.1) is 0 Å².